The number of hydrogen-bond donors (Lipinski definition) is 0. The molecule has 0 aliphatic heterocycles. The molecule has 0 aromatic carbocycles. The molecular weight excluding hydrogens is 235 g/mol. The SMILES string of the molecule is FC(F)(F)C(F)(F)C(F)(F)Cl.P. The monoisotopic (exact) mass is 238 g/mol. The van der Waals surface area contributed by atoms with Crippen LogP contribution in [0.25, 0.3) is 0 Å². The van der Waals surface area contributed by atoms with E-state index in [1.54, 1.807) is 0 Å². The lowest BCUT2D eigenvalue weighted by Gasteiger charge is -2.22. The minimum Gasteiger partial charge on any atom is -0.188 e. The molecular formula is C3H3ClF7P. The molecule has 0 fully saturated rings. The maximum absolute atomic E-state index is 11.4. The molecule has 0 rings (SSSR count). The van der Waals surface area contributed by atoms with Gasteiger partial charge in [-0.25, -0.2) is 0 Å². The predicted octanol–water partition coefficient (Wildman–Crippen LogP) is 3.07. The molecule has 0 amide bonds. The predicted molar refractivity (Wildman–Crippen MR) is 32.9 cm³/mol. The minimum absolute atomic E-state index is 0. The molecule has 1 atom stereocenters. The standard InChI is InChI=1S/C3ClF7.H3P/c4-2(7,8)1(5,6)3(9,10)11;/h;1H3. The Morgan fingerprint density at radius 1 is 0.750 bits per heavy atom. The van der Waals surface area contributed by atoms with E-state index in [4.69, 9.17) is 0 Å². The van der Waals surface area contributed by atoms with Crippen LogP contribution in [0.2, 0.25) is 0 Å². The number of hydrogen-bond acceptors (Lipinski definition) is 0. The van der Waals surface area contributed by atoms with Gasteiger partial charge in [-0.05, 0) is 11.6 Å². The van der Waals surface area contributed by atoms with E-state index >= 15 is 0 Å². The second-order valence-corrected chi connectivity index (χ2v) is 2.04. The van der Waals surface area contributed by atoms with Crippen LogP contribution >= 0.6 is 21.5 Å². The van der Waals surface area contributed by atoms with Gasteiger partial charge in [0.05, 0.1) is 0 Å². The Bertz CT molecular complexity index is 130. The number of halogens is 8. The van der Waals surface area contributed by atoms with Crippen molar-refractivity contribution in [1.82, 2.24) is 0 Å². The van der Waals surface area contributed by atoms with Gasteiger partial charge in [0.15, 0.2) is 0 Å². The zero-order valence-corrected chi connectivity index (χ0v) is 7.40. The molecule has 0 bridgehead atoms. The van der Waals surface area contributed by atoms with E-state index in [1.165, 1.54) is 0 Å². The summed E-state index contributed by atoms with van der Waals surface area (Å²) in [5, 5.41) is -5.61. The third-order valence-electron chi connectivity index (χ3n) is 0.712. The second-order valence-electron chi connectivity index (χ2n) is 1.57. The quantitative estimate of drug-likeness (QED) is 0.374. The van der Waals surface area contributed by atoms with Gasteiger partial charge in [-0.1, -0.05) is 0 Å². The third kappa shape index (κ3) is 2.62. The molecule has 0 aromatic heterocycles. The zero-order valence-electron chi connectivity index (χ0n) is 5.23. The highest BCUT2D eigenvalue weighted by Gasteiger charge is 2.72. The first-order chi connectivity index (χ1) is 4.50. The van der Waals surface area contributed by atoms with Crippen LogP contribution in [0.15, 0.2) is 0 Å². The molecule has 0 N–H and O–H groups in total. The van der Waals surface area contributed by atoms with Crippen LogP contribution in [-0.4, -0.2) is 17.5 Å². The molecule has 1 unspecified atom stereocenters. The summed E-state index contributed by atoms with van der Waals surface area (Å²) >= 11 is 3.51. The maximum Gasteiger partial charge on any atom is 0.461 e. The maximum atomic E-state index is 11.4. The van der Waals surface area contributed by atoms with E-state index in [1.807, 2.05) is 0 Å². The van der Waals surface area contributed by atoms with E-state index in [2.05, 4.69) is 11.6 Å². The van der Waals surface area contributed by atoms with E-state index in [-0.39, 0.29) is 9.90 Å². The van der Waals surface area contributed by atoms with Gasteiger partial charge in [0.1, 0.15) is 0 Å². The number of alkyl halides is 8. The summed E-state index contributed by atoms with van der Waals surface area (Å²) in [5.41, 5.74) is 0. The molecule has 0 heterocycles. The van der Waals surface area contributed by atoms with Crippen molar-refractivity contribution in [3.63, 3.8) is 0 Å². The van der Waals surface area contributed by atoms with Crippen LogP contribution in [0.3, 0.4) is 0 Å². The first kappa shape index (κ1) is 14.7. The van der Waals surface area contributed by atoms with Crippen LogP contribution in [0.5, 0.6) is 0 Å². The average molecular weight is 238 g/mol. The van der Waals surface area contributed by atoms with Crippen LogP contribution in [0.1, 0.15) is 0 Å². The van der Waals surface area contributed by atoms with Gasteiger partial charge in [-0.3, -0.25) is 0 Å². The summed E-state index contributed by atoms with van der Waals surface area (Å²) in [6.07, 6.45) is -6.34. The molecule has 12 heavy (non-hydrogen) atoms. The highest BCUT2D eigenvalue weighted by molar-refractivity contribution is 6.92. The van der Waals surface area contributed by atoms with Crippen molar-refractivity contribution in [2.75, 3.05) is 0 Å². The van der Waals surface area contributed by atoms with Crippen LogP contribution < -0.4 is 0 Å². The van der Waals surface area contributed by atoms with E-state index in [9.17, 15) is 30.7 Å². The summed E-state index contributed by atoms with van der Waals surface area (Å²) in [5.74, 6) is -6.19. The molecule has 0 aliphatic rings. The fourth-order valence-electron chi connectivity index (χ4n) is 0.161. The highest BCUT2D eigenvalue weighted by Crippen LogP contribution is 2.48. The van der Waals surface area contributed by atoms with Crippen LogP contribution in [0.4, 0.5) is 30.7 Å². The number of rotatable bonds is 1. The molecule has 0 radical (unpaired) electrons. The van der Waals surface area contributed by atoms with Crippen LogP contribution in [0, 0.1) is 0 Å². The zero-order chi connectivity index (χ0) is 9.50. The van der Waals surface area contributed by atoms with Gasteiger partial charge < -0.3 is 0 Å². The highest BCUT2D eigenvalue weighted by atomic mass is 35.5. The van der Waals surface area contributed by atoms with Crippen molar-refractivity contribution in [1.29, 1.82) is 0 Å². The Labute approximate surface area is 70.7 Å². The van der Waals surface area contributed by atoms with Gasteiger partial charge in [-0.15, -0.1) is 0 Å². The summed E-state index contributed by atoms with van der Waals surface area (Å²) < 4.78 is 78.5. The van der Waals surface area contributed by atoms with E-state index < -0.39 is 17.5 Å². The fraction of sp³-hybridized carbons (Fsp3) is 1.00. The fourth-order valence-corrected chi connectivity index (χ4v) is 0.268. The third-order valence-corrected chi connectivity index (χ3v) is 0.949. The Kier molecular flexibility index (Phi) is 4.34. The van der Waals surface area contributed by atoms with Crippen molar-refractivity contribution in [3.05, 3.63) is 0 Å². The van der Waals surface area contributed by atoms with Gasteiger partial charge in [0.25, 0.3) is 0 Å². The summed E-state index contributed by atoms with van der Waals surface area (Å²) in [6.45, 7) is 0. The normalized spacial score (nSPS) is 14.0. The molecule has 0 nitrogen and oxygen atoms in total. The van der Waals surface area contributed by atoms with Gasteiger partial charge in [0, 0.05) is 0 Å². The molecule has 0 spiro atoms. The molecule has 0 saturated carbocycles. The summed E-state index contributed by atoms with van der Waals surface area (Å²) in [4.78, 5) is 0. The smallest absolute Gasteiger partial charge is 0.188 e. The Balaban J connectivity index is 0. The van der Waals surface area contributed by atoms with E-state index in [0.29, 0.717) is 0 Å². The Morgan fingerprint density at radius 2 is 1.00 bits per heavy atom. The van der Waals surface area contributed by atoms with Crippen molar-refractivity contribution < 1.29 is 30.7 Å². The Hall–Kier alpha value is 0.230. The molecule has 0 aliphatic carbocycles. The molecule has 76 valence electrons. The Morgan fingerprint density at radius 3 is 1.00 bits per heavy atom. The van der Waals surface area contributed by atoms with E-state index in [0.717, 1.165) is 0 Å². The van der Waals surface area contributed by atoms with Crippen molar-refractivity contribution >= 4 is 21.5 Å². The lowest BCUT2D eigenvalue weighted by Crippen LogP contribution is -2.48. The van der Waals surface area contributed by atoms with Gasteiger partial charge >= 0.3 is 17.5 Å². The first-order valence-electron chi connectivity index (χ1n) is 2.01. The molecule has 0 saturated heterocycles. The van der Waals surface area contributed by atoms with Crippen molar-refractivity contribution in [3.8, 4) is 0 Å². The molecule has 9 heteroatoms. The minimum atomic E-state index is -6.34. The first-order valence-corrected chi connectivity index (χ1v) is 2.39. The summed E-state index contributed by atoms with van der Waals surface area (Å²) in [6, 6.07) is 0. The van der Waals surface area contributed by atoms with Crippen molar-refractivity contribution in [2.24, 2.45) is 0 Å². The van der Waals surface area contributed by atoms with Crippen LogP contribution in [-0.2, 0) is 0 Å². The topological polar surface area (TPSA) is 0 Å². The molecule has 0 aromatic rings. The second kappa shape index (κ2) is 3.54. The lowest BCUT2D eigenvalue weighted by molar-refractivity contribution is -0.332. The van der Waals surface area contributed by atoms with Gasteiger partial charge in [0.2, 0.25) is 0 Å². The van der Waals surface area contributed by atoms with Crippen molar-refractivity contribution in [2.45, 2.75) is 17.5 Å². The van der Waals surface area contributed by atoms with Gasteiger partial charge in [-0.2, -0.15) is 40.6 Å². The lowest BCUT2D eigenvalue weighted by atomic mass is 10.3. The average Bonchev–Trinajstić information content (AvgIpc) is 1.58. The largest absolute Gasteiger partial charge is 0.461 e. The summed E-state index contributed by atoms with van der Waals surface area (Å²) in [7, 11) is 0.